The molecule has 0 radical (unpaired) electrons. The van der Waals surface area contributed by atoms with Crippen LogP contribution in [0.4, 0.5) is 36.8 Å². The largest absolute Gasteiger partial charge is 0.420 e. The van der Waals surface area contributed by atoms with Gasteiger partial charge < -0.3 is 10.6 Å². The monoisotopic (exact) mass is 378 g/mol. The number of carbonyl (C=O) groups is 1. The molecule has 0 aromatic heterocycles. The minimum atomic E-state index is -5.69. The van der Waals surface area contributed by atoms with Crippen LogP contribution >= 0.6 is 15.9 Å². The molecular weight excluding hydrogens is 370 g/mol. The van der Waals surface area contributed by atoms with Crippen LogP contribution in [0.25, 0.3) is 0 Å². The van der Waals surface area contributed by atoms with Crippen molar-refractivity contribution < 1.29 is 31.1 Å². The third-order valence-corrected chi connectivity index (χ3v) is 3.13. The maximum absolute atomic E-state index is 12.6. The molecule has 0 aliphatic heterocycles. The Labute approximate surface area is 123 Å². The lowest BCUT2D eigenvalue weighted by atomic mass is 10.0. The number of nitrogens with one attached hydrogen (secondary N) is 2. The van der Waals surface area contributed by atoms with E-state index in [1.807, 2.05) is 5.32 Å². The molecule has 1 aromatic carbocycles. The summed E-state index contributed by atoms with van der Waals surface area (Å²) in [4.78, 5) is 11.4. The van der Waals surface area contributed by atoms with Crippen LogP contribution in [0.1, 0.15) is 6.92 Å². The van der Waals surface area contributed by atoms with Crippen LogP contribution in [0.15, 0.2) is 28.7 Å². The molecule has 0 saturated heterocycles. The third-order valence-electron chi connectivity index (χ3n) is 2.60. The molecule has 10 heteroatoms. The predicted molar refractivity (Wildman–Crippen MR) is 66.8 cm³/mol. The highest BCUT2D eigenvalue weighted by molar-refractivity contribution is 9.10. The Morgan fingerprint density at radius 2 is 1.43 bits per heavy atom. The molecule has 2 amide bonds. The Bertz CT molecular complexity index is 497. The quantitative estimate of drug-likeness (QED) is 0.733. The Balaban J connectivity index is 2.90. The number of anilines is 1. The maximum Gasteiger partial charge on any atom is 0.420 e. The highest BCUT2D eigenvalue weighted by Crippen LogP contribution is 2.42. The fourth-order valence-corrected chi connectivity index (χ4v) is 1.49. The Morgan fingerprint density at radius 3 is 1.81 bits per heavy atom. The topological polar surface area (TPSA) is 41.1 Å². The maximum atomic E-state index is 12.6. The summed E-state index contributed by atoms with van der Waals surface area (Å²) in [6, 6.07) is 3.92. The first-order valence-electron chi connectivity index (χ1n) is 5.35. The van der Waals surface area contributed by atoms with Gasteiger partial charge in [-0.25, -0.2) is 4.79 Å². The lowest BCUT2D eigenvalue weighted by molar-refractivity contribution is -0.297. The molecule has 0 atom stereocenters. The van der Waals surface area contributed by atoms with Gasteiger partial charge in [-0.1, -0.05) is 15.9 Å². The molecule has 2 N–H and O–H groups in total. The van der Waals surface area contributed by atoms with Gasteiger partial charge in [-0.05, 0) is 31.2 Å². The summed E-state index contributed by atoms with van der Waals surface area (Å²) in [6.45, 7) is -0.145. The molecule has 0 fully saturated rings. The normalized spacial score (nSPS) is 13.0. The number of rotatable bonds is 2. The standard InChI is InChI=1S/C11H9BrF6N2O/c1-9(10(13,14)15,11(16,17)18)20-8(21)19-7-4-2-6(12)3-5-7/h2-5H,1H3,(H2,19,20,21). The summed E-state index contributed by atoms with van der Waals surface area (Å²) in [7, 11) is 0. The summed E-state index contributed by atoms with van der Waals surface area (Å²) in [5.41, 5.74) is -4.30. The van der Waals surface area contributed by atoms with Crippen molar-refractivity contribution in [2.24, 2.45) is 0 Å². The first kappa shape index (κ1) is 17.6. The van der Waals surface area contributed by atoms with Crippen LogP contribution in [0, 0.1) is 0 Å². The molecular formula is C11H9BrF6N2O. The van der Waals surface area contributed by atoms with Crippen molar-refractivity contribution in [2.45, 2.75) is 24.8 Å². The van der Waals surface area contributed by atoms with Gasteiger partial charge in [0.15, 0.2) is 0 Å². The molecule has 0 bridgehead atoms. The van der Waals surface area contributed by atoms with Crippen LogP contribution < -0.4 is 10.6 Å². The number of hydrogen-bond acceptors (Lipinski definition) is 1. The zero-order valence-electron chi connectivity index (χ0n) is 10.4. The van der Waals surface area contributed by atoms with Gasteiger partial charge in [0.2, 0.25) is 5.54 Å². The zero-order chi connectivity index (χ0) is 16.5. The van der Waals surface area contributed by atoms with Gasteiger partial charge in [0, 0.05) is 10.2 Å². The number of alkyl halides is 6. The molecule has 0 spiro atoms. The average molecular weight is 379 g/mol. The van der Waals surface area contributed by atoms with Gasteiger partial charge in [-0.3, -0.25) is 0 Å². The molecule has 1 rings (SSSR count). The Kier molecular flexibility index (Phi) is 4.81. The Morgan fingerprint density at radius 1 is 1.00 bits per heavy atom. The van der Waals surface area contributed by atoms with Gasteiger partial charge in [-0.15, -0.1) is 0 Å². The van der Waals surface area contributed by atoms with E-state index in [2.05, 4.69) is 15.9 Å². The lowest BCUT2D eigenvalue weighted by Crippen LogP contribution is -2.66. The number of benzene rings is 1. The van der Waals surface area contributed by atoms with Crippen molar-refractivity contribution in [3.05, 3.63) is 28.7 Å². The van der Waals surface area contributed by atoms with Gasteiger partial charge >= 0.3 is 18.4 Å². The van der Waals surface area contributed by atoms with Crippen molar-refractivity contribution in [1.29, 1.82) is 0 Å². The fraction of sp³-hybridized carbons (Fsp3) is 0.364. The van der Waals surface area contributed by atoms with Crippen molar-refractivity contribution in [3.63, 3.8) is 0 Å². The van der Waals surface area contributed by atoms with Crippen LogP contribution in [-0.4, -0.2) is 23.9 Å². The van der Waals surface area contributed by atoms with E-state index in [-0.39, 0.29) is 12.6 Å². The molecule has 0 unspecified atom stereocenters. The molecule has 118 valence electrons. The second kappa shape index (κ2) is 5.74. The summed E-state index contributed by atoms with van der Waals surface area (Å²) < 4.78 is 76.1. The van der Waals surface area contributed by atoms with Gasteiger partial charge in [0.05, 0.1) is 0 Å². The fourth-order valence-electron chi connectivity index (χ4n) is 1.23. The van der Waals surface area contributed by atoms with Crippen molar-refractivity contribution in [3.8, 4) is 0 Å². The summed E-state index contributed by atoms with van der Waals surface area (Å²) >= 11 is 3.09. The lowest BCUT2D eigenvalue weighted by Gasteiger charge is -2.34. The summed E-state index contributed by atoms with van der Waals surface area (Å²) in [6.07, 6.45) is -11.4. The number of halogens is 7. The van der Waals surface area contributed by atoms with Crippen molar-refractivity contribution in [1.82, 2.24) is 5.32 Å². The highest BCUT2D eigenvalue weighted by atomic mass is 79.9. The number of urea groups is 1. The van der Waals surface area contributed by atoms with Gasteiger partial charge in [0.25, 0.3) is 0 Å². The summed E-state index contributed by atoms with van der Waals surface area (Å²) in [5.74, 6) is 0. The van der Waals surface area contributed by atoms with E-state index in [4.69, 9.17) is 0 Å². The zero-order valence-corrected chi connectivity index (χ0v) is 11.9. The van der Waals surface area contributed by atoms with Crippen LogP contribution in [0.2, 0.25) is 0 Å². The number of amides is 2. The molecule has 21 heavy (non-hydrogen) atoms. The van der Waals surface area contributed by atoms with E-state index >= 15 is 0 Å². The second-order valence-corrected chi connectivity index (χ2v) is 5.12. The smallest absolute Gasteiger partial charge is 0.316 e. The summed E-state index contributed by atoms with van der Waals surface area (Å²) in [5, 5.41) is 2.82. The molecule has 0 aliphatic rings. The van der Waals surface area contributed by atoms with Crippen LogP contribution in [0.5, 0.6) is 0 Å². The van der Waals surface area contributed by atoms with Gasteiger partial charge in [-0.2, -0.15) is 26.3 Å². The first-order valence-corrected chi connectivity index (χ1v) is 6.14. The third kappa shape index (κ3) is 4.02. The highest BCUT2D eigenvalue weighted by Gasteiger charge is 2.68. The van der Waals surface area contributed by atoms with E-state index < -0.39 is 23.9 Å². The second-order valence-electron chi connectivity index (χ2n) is 4.21. The number of hydrogen-bond donors (Lipinski definition) is 2. The van der Waals surface area contributed by atoms with Gasteiger partial charge in [0.1, 0.15) is 0 Å². The van der Waals surface area contributed by atoms with E-state index in [0.717, 1.165) is 5.32 Å². The number of carbonyl (C=O) groups excluding carboxylic acids is 1. The first-order chi connectivity index (χ1) is 9.37. The minimum Gasteiger partial charge on any atom is -0.316 e. The van der Waals surface area contributed by atoms with Crippen LogP contribution in [-0.2, 0) is 0 Å². The molecule has 0 heterocycles. The SMILES string of the molecule is CC(NC(=O)Nc1ccc(Br)cc1)(C(F)(F)F)C(F)(F)F. The molecule has 1 aromatic rings. The molecule has 0 saturated carbocycles. The van der Waals surface area contributed by atoms with E-state index in [1.165, 1.54) is 24.3 Å². The predicted octanol–water partition coefficient (Wildman–Crippen LogP) is 4.45. The Hall–Kier alpha value is -1.45. The molecule has 3 nitrogen and oxygen atoms in total. The van der Waals surface area contributed by atoms with Crippen LogP contribution in [0.3, 0.4) is 0 Å². The van der Waals surface area contributed by atoms with Crippen molar-refractivity contribution in [2.75, 3.05) is 5.32 Å². The van der Waals surface area contributed by atoms with E-state index in [0.29, 0.717) is 4.47 Å². The van der Waals surface area contributed by atoms with Crippen molar-refractivity contribution >= 4 is 27.6 Å². The minimum absolute atomic E-state index is 0.0439. The van der Waals surface area contributed by atoms with E-state index in [9.17, 15) is 31.1 Å². The van der Waals surface area contributed by atoms with E-state index in [1.54, 1.807) is 0 Å². The molecule has 0 aliphatic carbocycles. The average Bonchev–Trinajstić information content (AvgIpc) is 2.29.